The van der Waals surface area contributed by atoms with Crippen molar-refractivity contribution in [2.45, 2.75) is 59.9 Å². The highest BCUT2D eigenvalue weighted by Crippen LogP contribution is 2.47. The molecule has 0 bridgehead atoms. The van der Waals surface area contributed by atoms with Crippen molar-refractivity contribution in [2.24, 2.45) is 20.8 Å². The summed E-state index contributed by atoms with van der Waals surface area (Å²) in [6.45, 7) is 11.1. The zero-order chi connectivity index (χ0) is 23.6. The van der Waals surface area contributed by atoms with Crippen molar-refractivity contribution >= 4 is 24.3 Å². The van der Waals surface area contributed by atoms with Crippen LogP contribution in [0.5, 0.6) is 0 Å². The summed E-state index contributed by atoms with van der Waals surface area (Å²) in [4.78, 5) is 44.7. The first-order valence-corrected chi connectivity index (χ1v) is 9.24. The Bertz CT molecular complexity index is 783. The number of aliphatic imine (C=N–C) groups is 2. The van der Waals surface area contributed by atoms with Crippen molar-refractivity contribution in [2.75, 3.05) is 6.54 Å². The van der Waals surface area contributed by atoms with Gasteiger partial charge in [0.2, 0.25) is 24.3 Å². The van der Waals surface area contributed by atoms with Gasteiger partial charge in [0.1, 0.15) is 0 Å². The number of nitrogens with zero attached hydrogens (tertiary/aromatic N) is 2. The van der Waals surface area contributed by atoms with E-state index in [2.05, 4.69) is 68.9 Å². The fourth-order valence-electron chi connectivity index (χ4n) is 3.89. The Morgan fingerprint density at radius 3 is 1.83 bits per heavy atom. The summed E-state index contributed by atoms with van der Waals surface area (Å²) < 4.78 is 0. The first-order valence-electron chi connectivity index (χ1n) is 9.24. The molecule has 0 heterocycles. The van der Waals surface area contributed by atoms with E-state index in [1.807, 2.05) is 0 Å². The Hall–Kier alpha value is -3.26. The molecule has 2 unspecified atom stereocenters. The number of benzene rings is 1. The first kappa shape index (κ1) is 28.9. The second-order valence-electron chi connectivity index (χ2n) is 8.20. The van der Waals surface area contributed by atoms with Crippen LogP contribution < -0.4 is 0 Å². The maximum Gasteiger partial charge on any atom is 0.235 e. The van der Waals surface area contributed by atoms with E-state index in [0.717, 1.165) is 31.4 Å². The third-order valence-corrected chi connectivity index (χ3v) is 4.36. The van der Waals surface area contributed by atoms with E-state index >= 15 is 0 Å². The van der Waals surface area contributed by atoms with Crippen molar-refractivity contribution < 1.29 is 19.2 Å². The highest BCUT2D eigenvalue weighted by Gasteiger charge is 2.41. The van der Waals surface area contributed by atoms with Gasteiger partial charge >= 0.3 is 0 Å². The molecule has 2 rings (SSSR count). The summed E-state index contributed by atoms with van der Waals surface area (Å²) in [5, 5.41) is 10.8. The third kappa shape index (κ3) is 14.8. The van der Waals surface area contributed by atoms with E-state index in [1.165, 1.54) is 11.1 Å². The summed E-state index contributed by atoms with van der Waals surface area (Å²) in [7, 11) is 0. The quantitative estimate of drug-likeness (QED) is 0.560. The van der Waals surface area contributed by atoms with E-state index in [0.29, 0.717) is 6.54 Å². The number of aryl methyl sites for hydroxylation is 2. The second-order valence-corrected chi connectivity index (χ2v) is 8.20. The fraction of sp³-hybridized carbons (Fsp3) is 0.545. The van der Waals surface area contributed by atoms with Crippen LogP contribution in [-0.4, -0.2) is 36.9 Å². The lowest BCUT2D eigenvalue weighted by Gasteiger charge is -2.44. The van der Waals surface area contributed by atoms with Crippen LogP contribution in [-0.2, 0) is 19.2 Å². The minimum Gasteiger partial charge on any atom is -0.222 e. The van der Waals surface area contributed by atoms with Crippen LogP contribution in [0, 0.1) is 35.5 Å². The van der Waals surface area contributed by atoms with E-state index in [1.54, 1.807) is 12.2 Å². The van der Waals surface area contributed by atoms with E-state index < -0.39 is 0 Å². The average molecular weight is 415 g/mol. The van der Waals surface area contributed by atoms with Crippen LogP contribution >= 0.6 is 0 Å². The SMILES string of the molecule is CC1(C)CC(N=C=O)CC(C)(CN=C=O)C1.Cc1cccc(C)c1.N=C=O.N=C=O. The van der Waals surface area contributed by atoms with Gasteiger partial charge in [-0.25, -0.2) is 40.0 Å². The molecule has 0 aliphatic heterocycles. The Balaban J connectivity index is 0. The van der Waals surface area contributed by atoms with Gasteiger partial charge in [0.05, 0.1) is 12.6 Å². The Kier molecular flexibility index (Phi) is 15.1. The molecule has 2 atom stereocenters. The number of isocyanates is 4. The van der Waals surface area contributed by atoms with Crippen molar-refractivity contribution in [1.29, 1.82) is 10.8 Å². The molecule has 1 fully saturated rings. The van der Waals surface area contributed by atoms with Crippen LogP contribution in [0.25, 0.3) is 0 Å². The lowest BCUT2D eigenvalue weighted by molar-refractivity contribution is 0.0915. The van der Waals surface area contributed by atoms with Crippen LogP contribution in [0.2, 0.25) is 0 Å². The van der Waals surface area contributed by atoms with Crippen molar-refractivity contribution in [3.8, 4) is 0 Å². The minimum atomic E-state index is -0.0653. The first-order chi connectivity index (χ1) is 14.0. The predicted octanol–water partition coefficient (Wildman–Crippen LogP) is 4.35. The van der Waals surface area contributed by atoms with Gasteiger partial charge in [0, 0.05) is 0 Å². The van der Waals surface area contributed by atoms with Crippen molar-refractivity contribution in [3.63, 3.8) is 0 Å². The molecule has 30 heavy (non-hydrogen) atoms. The Labute approximate surface area is 177 Å². The topological polar surface area (TPSA) is 141 Å². The zero-order valence-corrected chi connectivity index (χ0v) is 18.2. The van der Waals surface area contributed by atoms with Gasteiger partial charge in [-0.15, -0.1) is 0 Å². The summed E-state index contributed by atoms with van der Waals surface area (Å²) in [5.74, 6) is 0. The van der Waals surface area contributed by atoms with Crippen molar-refractivity contribution in [1.82, 2.24) is 0 Å². The molecular weight excluding hydrogens is 384 g/mol. The molecule has 1 aliphatic carbocycles. The second kappa shape index (κ2) is 15.6. The fourth-order valence-corrected chi connectivity index (χ4v) is 3.89. The highest BCUT2D eigenvalue weighted by molar-refractivity contribution is 5.34. The molecule has 162 valence electrons. The van der Waals surface area contributed by atoms with Crippen LogP contribution in [0.3, 0.4) is 0 Å². The van der Waals surface area contributed by atoms with E-state index in [4.69, 9.17) is 20.4 Å². The molecule has 1 saturated carbocycles. The molecule has 1 aromatic rings. The lowest BCUT2D eigenvalue weighted by Crippen LogP contribution is -2.39. The minimum absolute atomic E-state index is 0.00750. The lowest BCUT2D eigenvalue weighted by atomic mass is 9.63. The molecule has 2 N–H and O–H groups in total. The predicted molar refractivity (Wildman–Crippen MR) is 113 cm³/mol. The molecule has 0 aromatic heterocycles. The monoisotopic (exact) mass is 414 g/mol. The molecule has 8 nitrogen and oxygen atoms in total. The maximum atomic E-state index is 10.3. The van der Waals surface area contributed by atoms with Gasteiger partial charge in [-0.3, -0.25) is 0 Å². The molecule has 0 spiro atoms. The zero-order valence-electron chi connectivity index (χ0n) is 18.2. The number of hydrogen-bond acceptors (Lipinski definition) is 8. The summed E-state index contributed by atoms with van der Waals surface area (Å²) in [6.07, 6.45) is 7.38. The average Bonchev–Trinajstić information content (AvgIpc) is 2.60. The van der Waals surface area contributed by atoms with Crippen LogP contribution in [0.4, 0.5) is 0 Å². The Morgan fingerprint density at radius 2 is 1.47 bits per heavy atom. The summed E-state index contributed by atoms with van der Waals surface area (Å²) in [6, 6.07) is 8.46. The van der Waals surface area contributed by atoms with E-state index in [9.17, 15) is 9.59 Å². The van der Waals surface area contributed by atoms with Gasteiger partial charge < -0.3 is 0 Å². The molecular formula is C22H30N4O4. The van der Waals surface area contributed by atoms with Gasteiger partial charge in [-0.1, -0.05) is 56.2 Å². The smallest absolute Gasteiger partial charge is 0.222 e. The van der Waals surface area contributed by atoms with Crippen molar-refractivity contribution in [3.05, 3.63) is 35.4 Å². The highest BCUT2D eigenvalue weighted by atomic mass is 16.1. The van der Waals surface area contributed by atoms with Crippen LogP contribution in [0.15, 0.2) is 34.3 Å². The molecule has 1 aromatic carbocycles. The van der Waals surface area contributed by atoms with Gasteiger partial charge in [-0.2, -0.15) is 0 Å². The van der Waals surface area contributed by atoms with Gasteiger partial charge in [0.15, 0.2) is 0 Å². The van der Waals surface area contributed by atoms with Gasteiger partial charge in [-0.05, 0) is 43.9 Å². The molecule has 0 radical (unpaired) electrons. The molecule has 0 amide bonds. The van der Waals surface area contributed by atoms with Crippen LogP contribution in [0.1, 0.15) is 51.2 Å². The van der Waals surface area contributed by atoms with Gasteiger partial charge in [0.25, 0.3) is 0 Å². The number of rotatable bonds is 3. The molecule has 8 heteroatoms. The number of nitrogens with one attached hydrogen (secondary N) is 2. The third-order valence-electron chi connectivity index (χ3n) is 4.36. The van der Waals surface area contributed by atoms with E-state index in [-0.39, 0.29) is 16.9 Å². The standard InChI is InChI=1S/C12H18N2O2.C8H10.2CHNO/c1-11(2)4-10(14-9-16)5-12(3,6-11)7-13-8-15;1-7-4-3-5-8(2)6-7;2*2-1-3/h10H,4-7H2,1-3H3;3-6H,1-2H3;2*2H. The summed E-state index contributed by atoms with van der Waals surface area (Å²) >= 11 is 0. The molecule has 1 aliphatic rings. The largest absolute Gasteiger partial charge is 0.235 e. The normalized spacial score (nSPS) is 20.2. The maximum absolute atomic E-state index is 10.3. The Morgan fingerprint density at radius 1 is 0.967 bits per heavy atom. The molecule has 0 saturated heterocycles. The number of hydrogen-bond donors (Lipinski definition) is 2. The number of carbonyl (C=O) groups excluding carboxylic acids is 4. The summed E-state index contributed by atoms with van der Waals surface area (Å²) in [5.41, 5.74) is 2.73.